The first-order valence-electron chi connectivity index (χ1n) is 11.1. The SMILES string of the molecule is COc1c2c(cc3c1[C@@H](CC(=O)c1cccc(/C=C/c4ccccn4)c1)N(C)CC3)OCO2. The van der Waals surface area contributed by atoms with Crippen molar-refractivity contribution >= 4 is 17.9 Å². The molecule has 168 valence electrons. The second kappa shape index (κ2) is 9.08. The Labute approximate surface area is 193 Å². The molecule has 0 bridgehead atoms. The monoisotopic (exact) mass is 442 g/mol. The largest absolute Gasteiger partial charge is 0.492 e. The van der Waals surface area contributed by atoms with E-state index in [1.54, 1.807) is 13.3 Å². The summed E-state index contributed by atoms with van der Waals surface area (Å²) in [5.74, 6) is 2.11. The van der Waals surface area contributed by atoms with Gasteiger partial charge in [0.15, 0.2) is 17.3 Å². The number of rotatable bonds is 6. The normalized spacial score (nSPS) is 17.2. The van der Waals surface area contributed by atoms with Gasteiger partial charge in [0.1, 0.15) is 0 Å². The van der Waals surface area contributed by atoms with Gasteiger partial charge in [0.25, 0.3) is 0 Å². The first-order valence-corrected chi connectivity index (χ1v) is 11.1. The maximum atomic E-state index is 13.4. The Balaban J connectivity index is 1.41. The second-order valence-electron chi connectivity index (χ2n) is 8.30. The summed E-state index contributed by atoms with van der Waals surface area (Å²) >= 11 is 0. The number of hydrogen-bond donors (Lipinski definition) is 0. The van der Waals surface area contributed by atoms with Gasteiger partial charge in [-0.05, 0) is 54.9 Å². The van der Waals surface area contributed by atoms with Crippen LogP contribution in [0.1, 0.15) is 45.2 Å². The van der Waals surface area contributed by atoms with E-state index in [1.165, 1.54) is 0 Å². The van der Waals surface area contributed by atoms with Crippen LogP contribution in [0.5, 0.6) is 17.2 Å². The van der Waals surface area contributed by atoms with Crippen LogP contribution in [0.3, 0.4) is 0 Å². The van der Waals surface area contributed by atoms with Crippen LogP contribution in [-0.4, -0.2) is 43.2 Å². The van der Waals surface area contributed by atoms with E-state index in [0.717, 1.165) is 35.3 Å². The number of fused-ring (bicyclic) bond motifs is 2. The van der Waals surface area contributed by atoms with Gasteiger partial charge < -0.3 is 14.2 Å². The van der Waals surface area contributed by atoms with E-state index in [2.05, 4.69) is 16.9 Å². The molecule has 3 aromatic rings. The number of pyridine rings is 1. The van der Waals surface area contributed by atoms with Gasteiger partial charge in [-0.3, -0.25) is 14.7 Å². The van der Waals surface area contributed by atoms with Crippen molar-refractivity contribution in [3.05, 3.63) is 82.7 Å². The van der Waals surface area contributed by atoms with Crippen LogP contribution in [0.25, 0.3) is 12.2 Å². The molecule has 6 heteroatoms. The van der Waals surface area contributed by atoms with Crippen LogP contribution >= 0.6 is 0 Å². The van der Waals surface area contributed by atoms with Crippen molar-refractivity contribution in [2.75, 3.05) is 27.5 Å². The number of ether oxygens (including phenoxy) is 3. The predicted octanol–water partition coefficient (Wildman–Crippen LogP) is 4.79. The molecule has 1 atom stereocenters. The Bertz CT molecular complexity index is 1210. The molecule has 0 aliphatic carbocycles. The highest BCUT2D eigenvalue weighted by molar-refractivity contribution is 5.97. The average Bonchev–Trinajstić information content (AvgIpc) is 3.32. The molecule has 0 amide bonds. The molecule has 0 saturated heterocycles. The Morgan fingerprint density at radius 2 is 2.09 bits per heavy atom. The number of hydrogen-bond acceptors (Lipinski definition) is 6. The Morgan fingerprint density at radius 3 is 2.91 bits per heavy atom. The highest BCUT2D eigenvalue weighted by Gasteiger charge is 2.35. The molecule has 2 aliphatic heterocycles. The van der Waals surface area contributed by atoms with Gasteiger partial charge >= 0.3 is 0 Å². The lowest BCUT2D eigenvalue weighted by Gasteiger charge is -2.35. The number of benzene rings is 2. The first-order chi connectivity index (χ1) is 16.1. The fourth-order valence-electron chi connectivity index (χ4n) is 4.55. The van der Waals surface area contributed by atoms with Crippen molar-refractivity contribution in [3.63, 3.8) is 0 Å². The maximum Gasteiger partial charge on any atom is 0.231 e. The summed E-state index contributed by atoms with van der Waals surface area (Å²) in [5.41, 5.74) is 4.71. The highest BCUT2D eigenvalue weighted by Crippen LogP contribution is 2.50. The van der Waals surface area contributed by atoms with E-state index in [0.29, 0.717) is 29.2 Å². The lowest BCUT2D eigenvalue weighted by atomic mass is 9.87. The number of carbonyl (C=O) groups excluding carboxylic acids is 1. The van der Waals surface area contributed by atoms with Gasteiger partial charge in [-0.25, -0.2) is 0 Å². The molecule has 0 fully saturated rings. The van der Waals surface area contributed by atoms with Crippen LogP contribution < -0.4 is 14.2 Å². The summed E-state index contributed by atoms with van der Waals surface area (Å²) in [6.45, 7) is 1.05. The minimum Gasteiger partial charge on any atom is -0.492 e. The molecule has 2 aliphatic rings. The van der Waals surface area contributed by atoms with Crippen molar-refractivity contribution in [2.45, 2.75) is 18.9 Å². The zero-order valence-electron chi connectivity index (χ0n) is 18.8. The topological polar surface area (TPSA) is 60.9 Å². The van der Waals surface area contributed by atoms with Crippen molar-refractivity contribution in [2.24, 2.45) is 0 Å². The third kappa shape index (κ3) is 4.22. The molecule has 5 rings (SSSR count). The van der Waals surface area contributed by atoms with Gasteiger partial charge in [0, 0.05) is 36.3 Å². The summed E-state index contributed by atoms with van der Waals surface area (Å²) in [4.78, 5) is 19.9. The van der Waals surface area contributed by atoms with Crippen LogP contribution in [-0.2, 0) is 6.42 Å². The summed E-state index contributed by atoms with van der Waals surface area (Å²) in [5, 5.41) is 0. The van der Waals surface area contributed by atoms with Crippen molar-refractivity contribution in [3.8, 4) is 17.2 Å². The van der Waals surface area contributed by atoms with E-state index in [-0.39, 0.29) is 18.6 Å². The van der Waals surface area contributed by atoms with Crippen LogP contribution in [0, 0.1) is 0 Å². The van der Waals surface area contributed by atoms with Crippen LogP contribution in [0.2, 0.25) is 0 Å². The molecule has 1 aromatic heterocycles. The number of nitrogens with zero attached hydrogens (tertiary/aromatic N) is 2. The highest BCUT2D eigenvalue weighted by atomic mass is 16.7. The molecule has 0 spiro atoms. The Hall–Kier alpha value is -3.64. The quantitative estimate of drug-likeness (QED) is 0.512. The predicted molar refractivity (Wildman–Crippen MR) is 127 cm³/mol. The minimum atomic E-state index is -0.0987. The van der Waals surface area contributed by atoms with Gasteiger partial charge in [0.05, 0.1) is 12.8 Å². The maximum absolute atomic E-state index is 13.4. The van der Waals surface area contributed by atoms with Gasteiger partial charge in [-0.15, -0.1) is 0 Å². The van der Waals surface area contributed by atoms with Gasteiger partial charge in [-0.1, -0.05) is 30.3 Å². The summed E-state index contributed by atoms with van der Waals surface area (Å²) < 4.78 is 17.0. The fourth-order valence-corrected chi connectivity index (χ4v) is 4.55. The summed E-state index contributed by atoms with van der Waals surface area (Å²) in [7, 11) is 3.69. The number of aromatic nitrogens is 1. The molecular formula is C27H26N2O4. The smallest absolute Gasteiger partial charge is 0.231 e. The molecule has 0 saturated carbocycles. The summed E-state index contributed by atoms with van der Waals surface area (Å²) in [6, 6.07) is 15.4. The number of likely N-dealkylation sites (N-methyl/N-ethyl adjacent to an activating group) is 1. The van der Waals surface area contributed by atoms with E-state index >= 15 is 0 Å². The standard InChI is InChI=1S/C27H26N2O4/c1-29-13-11-20-15-24-26(33-17-32-24)27(31-2)25(20)22(29)16-23(30)19-7-5-6-18(14-19)9-10-21-8-3-4-12-28-21/h3-10,12,14-15,22H,11,13,16-17H2,1-2H3/b10-9+/t22-/m1/s1. The zero-order valence-corrected chi connectivity index (χ0v) is 18.8. The fraction of sp³-hybridized carbons (Fsp3) is 0.259. The lowest BCUT2D eigenvalue weighted by Crippen LogP contribution is -2.34. The second-order valence-corrected chi connectivity index (χ2v) is 8.30. The number of Topliss-reactive ketones (excluding diaryl/α,β-unsaturated/α-hetero) is 1. The number of carbonyl (C=O) groups is 1. The number of methoxy groups -OCH3 is 1. The van der Waals surface area contributed by atoms with E-state index in [4.69, 9.17) is 14.2 Å². The molecule has 2 aromatic carbocycles. The molecule has 3 heterocycles. The van der Waals surface area contributed by atoms with Gasteiger partial charge in [-0.2, -0.15) is 0 Å². The molecule has 0 unspecified atom stereocenters. The van der Waals surface area contributed by atoms with Crippen LogP contribution in [0.15, 0.2) is 54.7 Å². The Morgan fingerprint density at radius 1 is 1.18 bits per heavy atom. The van der Waals surface area contributed by atoms with Crippen LogP contribution in [0.4, 0.5) is 0 Å². The lowest BCUT2D eigenvalue weighted by molar-refractivity contribution is 0.0925. The molecule has 0 radical (unpaired) electrons. The minimum absolute atomic E-state index is 0.0903. The van der Waals surface area contributed by atoms with Crippen molar-refractivity contribution in [1.29, 1.82) is 0 Å². The molecule has 6 nitrogen and oxygen atoms in total. The molecular weight excluding hydrogens is 416 g/mol. The van der Waals surface area contributed by atoms with E-state index in [9.17, 15) is 4.79 Å². The van der Waals surface area contributed by atoms with Crippen molar-refractivity contribution in [1.82, 2.24) is 9.88 Å². The zero-order chi connectivity index (χ0) is 22.8. The van der Waals surface area contributed by atoms with Gasteiger partial charge in [0.2, 0.25) is 12.5 Å². The third-order valence-corrected chi connectivity index (χ3v) is 6.27. The van der Waals surface area contributed by atoms with E-state index < -0.39 is 0 Å². The summed E-state index contributed by atoms with van der Waals surface area (Å²) in [6.07, 6.45) is 6.91. The van der Waals surface area contributed by atoms with E-state index in [1.807, 2.05) is 60.7 Å². The average molecular weight is 443 g/mol. The molecule has 0 N–H and O–H groups in total. The van der Waals surface area contributed by atoms with Crippen molar-refractivity contribution < 1.29 is 19.0 Å². The third-order valence-electron chi connectivity index (χ3n) is 6.27. The Kier molecular flexibility index (Phi) is 5.84. The molecule has 33 heavy (non-hydrogen) atoms. The number of ketones is 1. The first kappa shape index (κ1) is 21.2.